The molecule has 0 bridgehead atoms. The van der Waals surface area contributed by atoms with Crippen molar-refractivity contribution in [3.05, 3.63) is 34.9 Å². The van der Waals surface area contributed by atoms with Gasteiger partial charge in [-0.3, -0.25) is 0 Å². The van der Waals surface area contributed by atoms with E-state index in [1.54, 1.807) is 17.5 Å². The van der Waals surface area contributed by atoms with Crippen LogP contribution in [-0.4, -0.2) is 23.6 Å². The van der Waals surface area contributed by atoms with E-state index >= 15 is 0 Å². The molecule has 2 aromatic heterocycles. The van der Waals surface area contributed by atoms with E-state index in [1.807, 2.05) is 30.8 Å². The Hall–Kier alpha value is -1.62. The second-order valence-electron chi connectivity index (χ2n) is 3.83. The zero-order chi connectivity index (χ0) is 12.1. The Morgan fingerprint density at radius 3 is 2.94 bits per heavy atom. The monoisotopic (exact) mass is 248 g/mol. The highest BCUT2D eigenvalue weighted by Crippen LogP contribution is 2.19. The first-order chi connectivity index (χ1) is 8.29. The molecule has 90 valence electrons. The molecule has 0 amide bonds. The maximum Gasteiger partial charge on any atom is 0.127 e. The molecule has 0 saturated heterocycles. The molecule has 0 fully saturated rings. The number of hydrogen-bond donors (Lipinski definition) is 2. The number of anilines is 2. The van der Waals surface area contributed by atoms with E-state index < -0.39 is 0 Å². The fourth-order valence-electron chi connectivity index (χ4n) is 1.51. The minimum absolute atomic E-state index is 0.418. The van der Waals surface area contributed by atoms with Crippen molar-refractivity contribution in [1.29, 1.82) is 0 Å². The van der Waals surface area contributed by atoms with Crippen LogP contribution >= 0.6 is 11.3 Å². The van der Waals surface area contributed by atoms with Crippen LogP contribution in [0.2, 0.25) is 0 Å². The van der Waals surface area contributed by atoms with E-state index in [-0.39, 0.29) is 0 Å². The lowest BCUT2D eigenvalue weighted by Gasteiger charge is -2.11. The maximum atomic E-state index is 4.32. The van der Waals surface area contributed by atoms with Gasteiger partial charge in [-0.15, -0.1) is 11.3 Å². The van der Waals surface area contributed by atoms with Gasteiger partial charge in [0.25, 0.3) is 0 Å². The SMILES string of the molecule is CNc1cc(NCC(C)c2nccs2)ccn1. The van der Waals surface area contributed by atoms with Crippen molar-refractivity contribution in [2.75, 3.05) is 24.2 Å². The third kappa shape index (κ3) is 3.17. The van der Waals surface area contributed by atoms with Gasteiger partial charge in [-0.1, -0.05) is 6.92 Å². The summed E-state index contributed by atoms with van der Waals surface area (Å²) in [4.78, 5) is 8.49. The summed E-state index contributed by atoms with van der Waals surface area (Å²) in [5.41, 5.74) is 1.08. The predicted octanol–water partition coefficient (Wildman–Crippen LogP) is 2.80. The zero-order valence-electron chi connectivity index (χ0n) is 9.97. The summed E-state index contributed by atoms with van der Waals surface area (Å²) in [5.74, 6) is 1.29. The molecule has 0 aliphatic heterocycles. The molecule has 0 aliphatic rings. The highest BCUT2D eigenvalue weighted by molar-refractivity contribution is 7.09. The number of nitrogens with zero attached hydrogens (tertiary/aromatic N) is 2. The summed E-state index contributed by atoms with van der Waals surface area (Å²) in [6.07, 6.45) is 3.64. The molecule has 2 aromatic rings. The van der Waals surface area contributed by atoms with Gasteiger partial charge in [0.2, 0.25) is 0 Å². The molecule has 0 spiro atoms. The number of aromatic nitrogens is 2. The van der Waals surface area contributed by atoms with E-state index in [0.717, 1.165) is 18.1 Å². The molecule has 17 heavy (non-hydrogen) atoms. The van der Waals surface area contributed by atoms with Crippen molar-refractivity contribution >= 4 is 22.8 Å². The maximum absolute atomic E-state index is 4.32. The summed E-state index contributed by atoms with van der Waals surface area (Å²) in [7, 11) is 1.87. The van der Waals surface area contributed by atoms with Crippen LogP contribution in [-0.2, 0) is 0 Å². The summed E-state index contributed by atoms with van der Waals surface area (Å²) in [5, 5.41) is 9.59. The Morgan fingerprint density at radius 1 is 1.35 bits per heavy atom. The smallest absolute Gasteiger partial charge is 0.127 e. The van der Waals surface area contributed by atoms with Crippen molar-refractivity contribution in [1.82, 2.24) is 9.97 Å². The topological polar surface area (TPSA) is 49.8 Å². The molecular weight excluding hydrogens is 232 g/mol. The van der Waals surface area contributed by atoms with Gasteiger partial charge in [-0.05, 0) is 6.07 Å². The fraction of sp³-hybridized carbons (Fsp3) is 0.333. The van der Waals surface area contributed by atoms with E-state index in [2.05, 4.69) is 27.5 Å². The van der Waals surface area contributed by atoms with Crippen LogP contribution in [0.15, 0.2) is 29.9 Å². The second-order valence-corrected chi connectivity index (χ2v) is 4.76. The van der Waals surface area contributed by atoms with Gasteiger partial charge in [0.05, 0.1) is 5.01 Å². The lowest BCUT2D eigenvalue weighted by atomic mass is 10.2. The average molecular weight is 248 g/mol. The molecule has 0 aromatic carbocycles. The van der Waals surface area contributed by atoms with E-state index in [9.17, 15) is 0 Å². The molecule has 0 saturated carbocycles. The van der Waals surface area contributed by atoms with Crippen LogP contribution in [0, 0.1) is 0 Å². The molecule has 0 radical (unpaired) electrons. The number of hydrogen-bond acceptors (Lipinski definition) is 5. The fourth-order valence-corrected chi connectivity index (χ4v) is 2.21. The summed E-state index contributed by atoms with van der Waals surface area (Å²) < 4.78 is 0. The molecule has 2 rings (SSSR count). The third-order valence-corrected chi connectivity index (χ3v) is 3.51. The molecule has 4 nitrogen and oxygen atoms in total. The summed E-state index contributed by atoms with van der Waals surface area (Å²) in [6.45, 7) is 3.05. The minimum atomic E-state index is 0.418. The molecule has 5 heteroatoms. The van der Waals surface area contributed by atoms with Gasteiger partial charge in [0.15, 0.2) is 0 Å². The van der Waals surface area contributed by atoms with Crippen molar-refractivity contribution in [3.63, 3.8) is 0 Å². The van der Waals surface area contributed by atoms with Crippen LogP contribution in [0.4, 0.5) is 11.5 Å². The Labute approximate surface area is 105 Å². The summed E-state index contributed by atoms with van der Waals surface area (Å²) >= 11 is 1.70. The Morgan fingerprint density at radius 2 is 2.24 bits per heavy atom. The standard InChI is InChI=1S/C12H16N4S/c1-9(12-15-5-6-17-12)8-16-10-3-4-14-11(7-10)13-2/h3-7,9H,8H2,1-2H3,(H2,13,14,16). The van der Waals surface area contributed by atoms with Gasteiger partial charge in [-0.2, -0.15) is 0 Å². The van der Waals surface area contributed by atoms with Crippen LogP contribution in [0.3, 0.4) is 0 Å². The largest absolute Gasteiger partial charge is 0.384 e. The first-order valence-electron chi connectivity index (χ1n) is 5.56. The van der Waals surface area contributed by atoms with E-state index in [0.29, 0.717) is 5.92 Å². The third-order valence-electron chi connectivity index (χ3n) is 2.50. The normalized spacial score (nSPS) is 12.1. The summed E-state index contributed by atoms with van der Waals surface area (Å²) in [6, 6.07) is 3.96. The van der Waals surface area contributed by atoms with Crippen molar-refractivity contribution < 1.29 is 0 Å². The van der Waals surface area contributed by atoms with Gasteiger partial charge in [-0.25, -0.2) is 9.97 Å². The molecule has 1 unspecified atom stereocenters. The van der Waals surface area contributed by atoms with Crippen LogP contribution in [0.1, 0.15) is 17.8 Å². The predicted molar refractivity (Wildman–Crippen MR) is 72.8 cm³/mol. The molecule has 2 heterocycles. The van der Waals surface area contributed by atoms with E-state index in [1.165, 1.54) is 5.01 Å². The number of thiazole rings is 1. The highest BCUT2D eigenvalue weighted by Gasteiger charge is 2.07. The highest BCUT2D eigenvalue weighted by atomic mass is 32.1. The van der Waals surface area contributed by atoms with Crippen LogP contribution in [0.5, 0.6) is 0 Å². The second kappa shape index (κ2) is 5.63. The van der Waals surface area contributed by atoms with Gasteiger partial charge in [0, 0.05) is 49.0 Å². The first-order valence-corrected chi connectivity index (χ1v) is 6.44. The van der Waals surface area contributed by atoms with Crippen molar-refractivity contribution in [3.8, 4) is 0 Å². The zero-order valence-corrected chi connectivity index (χ0v) is 10.8. The Kier molecular flexibility index (Phi) is 3.93. The molecule has 0 aliphatic carbocycles. The molecular formula is C12H16N4S. The lowest BCUT2D eigenvalue weighted by molar-refractivity contribution is 0.795. The van der Waals surface area contributed by atoms with Gasteiger partial charge < -0.3 is 10.6 Å². The quantitative estimate of drug-likeness (QED) is 0.854. The average Bonchev–Trinajstić information content (AvgIpc) is 2.90. The van der Waals surface area contributed by atoms with Gasteiger partial charge >= 0.3 is 0 Å². The van der Waals surface area contributed by atoms with Gasteiger partial charge in [0.1, 0.15) is 5.82 Å². The van der Waals surface area contributed by atoms with Crippen molar-refractivity contribution in [2.45, 2.75) is 12.8 Å². The van der Waals surface area contributed by atoms with Crippen molar-refractivity contribution in [2.24, 2.45) is 0 Å². The number of pyridine rings is 1. The molecule has 1 atom stereocenters. The number of rotatable bonds is 5. The Bertz CT molecular complexity index is 455. The van der Waals surface area contributed by atoms with Crippen LogP contribution < -0.4 is 10.6 Å². The molecule has 2 N–H and O–H groups in total. The number of nitrogens with one attached hydrogen (secondary N) is 2. The minimum Gasteiger partial charge on any atom is -0.384 e. The van der Waals surface area contributed by atoms with E-state index in [4.69, 9.17) is 0 Å². The first kappa shape index (κ1) is 11.9. The lowest BCUT2D eigenvalue weighted by Crippen LogP contribution is -2.09. The Balaban J connectivity index is 1.93. The van der Waals surface area contributed by atoms with Crippen LogP contribution in [0.25, 0.3) is 0 Å².